The molecule has 27 heavy (non-hydrogen) atoms. The van der Waals surface area contributed by atoms with E-state index in [1.165, 1.54) is 32.1 Å². The quantitative estimate of drug-likeness (QED) is 0.394. The molecule has 0 spiro atoms. The maximum absolute atomic E-state index is 5.98. The molecule has 0 aromatic carbocycles. The summed E-state index contributed by atoms with van der Waals surface area (Å²) in [6.45, 7) is 6.47. The van der Waals surface area contributed by atoms with E-state index < -0.39 is 0 Å². The Morgan fingerprint density at radius 2 is 2.26 bits per heavy atom. The Bertz CT molecular complexity index is 634. The molecule has 1 aromatic heterocycles. The van der Waals surface area contributed by atoms with Gasteiger partial charge in [0.05, 0.1) is 19.3 Å². The molecule has 4 atom stereocenters. The molecule has 1 saturated heterocycles. The van der Waals surface area contributed by atoms with Crippen molar-refractivity contribution in [1.29, 1.82) is 0 Å². The lowest BCUT2D eigenvalue weighted by molar-refractivity contribution is -0.00805. The second kappa shape index (κ2) is 9.58. The predicted molar refractivity (Wildman–Crippen MR) is 118 cm³/mol. The number of aliphatic imine (C=N–C) groups is 1. The minimum atomic E-state index is 0. The van der Waals surface area contributed by atoms with Crippen LogP contribution in [0.3, 0.4) is 0 Å². The third-order valence-corrected chi connectivity index (χ3v) is 6.44. The Hall–Kier alpha value is -0.830. The van der Waals surface area contributed by atoms with Crippen molar-refractivity contribution in [3.8, 4) is 0 Å². The molecular formula is C20H34IN5O. The SMILES string of the molecule is CCNC(=NCCC1CC2CCC1C2)N1CCOC(c2cnn(C)c2)C1.I. The van der Waals surface area contributed by atoms with Crippen molar-refractivity contribution in [2.24, 2.45) is 29.8 Å². The van der Waals surface area contributed by atoms with Crippen LogP contribution in [0.1, 0.15) is 50.7 Å². The van der Waals surface area contributed by atoms with Crippen LogP contribution in [0.4, 0.5) is 0 Å². The monoisotopic (exact) mass is 487 g/mol. The number of rotatable bonds is 5. The minimum absolute atomic E-state index is 0. The summed E-state index contributed by atoms with van der Waals surface area (Å²) in [6, 6.07) is 0. The van der Waals surface area contributed by atoms with Gasteiger partial charge in [0.1, 0.15) is 6.10 Å². The van der Waals surface area contributed by atoms with Gasteiger partial charge in [-0.05, 0) is 50.4 Å². The Balaban J connectivity index is 0.00000210. The summed E-state index contributed by atoms with van der Waals surface area (Å²) in [5, 5.41) is 7.77. The van der Waals surface area contributed by atoms with Gasteiger partial charge in [-0.25, -0.2) is 0 Å². The third kappa shape index (κ3) is 4.96. The summed E-state index contributed by atoms with van der Waals surface area (Å²) in [5.41, 5.74) is 1.15. The van der Waals surface area contributed by atoms with Crippen molar-refractivity contribution >= 4 is 29.9 Å². The second-order valence-corrected chi connectivity index (χ2v) is 8.21. The fraction of sp³-hybridized carbons (Fsp3) is 0.800. The normalized spacial score (nSPS) is 30.4. The summed E-state index contributed by atoms with van der Waals surface area (Å²) in [4.78, 5) is 7.33. The zero-order valence-corrected chi connectivity index (χ0v) is 19.0. The zero-order valence-electron chi connectivity index (χ0n) is 16.6. The summed E-state index contributed by atoms with van der Waals surface area (Å²) < 4.78 is 7.82. The average molecular weight is 487 g/mol. The molecule has 152 valence electrons. The van der Waals surface area contributed by atoms with Crippen LogP contribution in [0, 0.1) is 17.8 Å². The van der Waals surface area contributed by atoms with Gasteiger partial charge >= 0.3 is 0 Å². The number of nitrogens with zero attached hydrogens (tertiary/aromatic N) is 4. The van der Waals surface area contributed by atoms with Crippen LogP contribution >= 0.6 is 24.0 Å². The average Bonchev–Trinajstić information content (AvgIpc) is 3.38. The van der Waals surface area contributed by atoms with E-state index in [1.54, 1.807) is 0 Å². The van der Waals surface area contributed by atoms with Crippen molar-refractivity contribution in [3.05, 3.63) is 18.0 Å². The number of hydrogen-bond donors (Lipinski definition) is 1. The van der Waals surface area contributed by atoms with Gasteiger partial charge in [-0.3, -0.25) is 9.67 Å². The number of aryl methyl sites for hydroxylation is 1. The maximum Gasteiger partial charge on any atom is 0.194 e. The molecule has 3 fully saturated rings. The molecule has 3 aliphatic rings. The van der Waals surface area contributed by atoms with E-state index in [-0.39, 0.29) is 30.1 Å². The lowest BCUT2D eigenvalue weighted by Crippen LogP contribution is -2.48. The lowest BCUT2D eigenvalue weighted by atomic mass is 9.86. The molecule has 1 aliphatic heterocycles. The predicted octanol–water partition coefficient (Wildman–Crippen LogP) is 3.20. The van der Waals surface area contributed by atoms with E-state index in [1.807, 2.05) is 24.1 Å². The van der Waals surface area contributed by atoms with Crippen molar-refractivity contribution < 1.29 is 4.74 Å². The molecule has 4 rings (SSSR count). The fourth-order valence-corrected chi connectivity index (χ4v) is 5.14. The Morgan fingerprint density at radius 3 is 2.93 bits per heavy atom. The van der Waals surface area contributed by atoms with Gasteiger partial charge in [0.2, 0.25) is 0 Å². The minimum Gasteiger partial charge on any atom is -0.370 e. The molecule has 0 amide bonds. The molecule has 0 radical (unpaired) electrons. The molecule has 2 aliphatic carbocycles. The van der Waals surface area contributed by atoms with Crippen molar-refractivity contribution in [2.45, 2.75) is 45.1 Å². The van der Waals surface area contributed by atoms with Gasteiger partial charge < -0.3 is 15.0 Å². The first kappa shape index (κ1) is 20.9. The number of aromatic nitrogens is 2. The van der Waals surface area contributed by atoms with Crippen LogP contribution in [0.25, 0.3) is 0 Å². The van der Waals surface area contributed by atoms with E-state index in [9.17, 15) is 0 Å². The highest BCUT2D eigenvalue weighted by molar-refractivity contribution is 14.0. The highest BCUT2D eigenvalue weighted by Gasteiger charge is 2.38. The maximum atomic E-state index is 5.98. The first-order chi connectivity index (χ1) is 12.7. The first-order valence-corrected chi connectivity index (χ1v) is 10.4. The molecule has 1 aromatic rings. The van der Waals surface area contributed by atoms with Crippen LogP contribution in [-0.4, -0.2) is 53.4 Å². The number of guanidine groups is 1. The van der Waals surface area contributed by atoms with Crippen LogP contribution in [-0.2, 0) is 11.8 Å². The number of nitrogens with one attached hydrogen (secondary N) is 1. The molecule has 4 unspecified atom stereocenters. The van der Waals surface area contributed by atoms with Gasteiger partial charge in [-0.1, -0.05) is 6.42 Å². The third-order valence-electron chi connectivity index (χ3n) is 6.44. The van der Waals surface area contributed by atoms with Gasteiger partial charge in [0, 0.05) is 38.4 Å². The highest BCUT2D eigenvalue weighted by atomic mass is 127. The number of ether oxygens (including phenoxy) is 1. The standard InChI is InChI=1S/C20H33N5O.HI/c1-3-21-20(22-7-6-17-11-15-4-5-16(17)10-15)25-8-9-26-19(14-25)18-12-23-24(2)13-18;/h12-13,15-17,19H,3-11,14H2,1-2H3,(H,21,22);1H. The first-order valence-electron chi connectivity index (χ1n) is 10.4. The van der Waals surface area contributed by atoms with Gasteiger partial charge in [0.25, 0.3) is 0 Å². The number of halogens is 1. The molecular weight excluding hydrogens is 453 g/mol. The lowest BCUT2D eigenvalue weighted by Gasteiger charge is -2.35. The fourth-order valence-electron chi connectivity index (χ4n) is 5.14. The summed E-state index contributed by atoms with van der Waals surface area (Å²) in [7, 11) is 1.95. The second-order valence-electron chi connectivity index (χ2n) is 8.21. The number of morpholine rings is 1. The topological polar surface area (TPSA) is 54.7 Å². The molecule has 1 N–H and O–H groups in total. The molecule has 2 saturated carbocycles. The number of hydrogen-bond acceptors (Lipinski definition) is 3. The van der Waals surface area contributed by atoms with Gasteiger partial charge in [-0.2, -0.15) is 5.10 Å². The Morgan fingerprint density at radius 1 is 1.37 bits per heavy atom. The molecule has 7 heteroatoms. The summed E-state index contributed by atoms with van der Waals surface area (Å²) in [5.74, 6) is 4.00. The number of fused-ring (bicyclic) bond motifs is 2. The van der Waals surface area contributed by atoms with Crippen LogP contribution in [0.5, 0.6) is 0 Å². The largest absolute Gasteiger partial charge is 0.370 e. The summed E-state index contributed by atoms with van der Waals surface area (Å²) in [6.07, 6.45) is 11.2. The zero-order chi connectivity index (χ0) is 17.9. The van der Waals surface area contributed by atoms with Gasteiger partial charge in [0.15, 0.2) is 5.96 Å². The van der Waals surface area contributed by atoms with Crippen molar-refractivity contribution in [1.82, 2.24) is 20.0 Å². The van der Waals surface area contributed by atoms with Crippen molar-refractivity contribution in [2.75, 3.05) is 32.8 Å². The van der Waals surface area contributed by atoms with E-state index in [2.05, 4.69) is 22.2 Å². The van der Waals surface area contributed by atoms with Crippen LogP contribution < -0.4 is 5.32 Å². The highest BCUT2D eigenvalue weighted by Crippen LogP contribution is 2.49. The van der Waals surface area contributed by atoms with Crippen LogP contribution in [0.2, 0.25) is 0 Å². The van der Waals surface area contributed by atoms with E-state index in [0.717, 1.165) is 62.1 Å². The van der Waals surface area contributed by atoms with E-state index >= 15 is 0 Å². The summed E-state index contributed by atoms with van der Waals surface area (Å²) >= 11 is 0. The molecule has 6 nitrogen and oxygen atoms in total. The smallest absolute Gasteiger partial charge is 0.194 e. The molecule has 2 heterocycles. The van der Waals surface area contributed by atoms with E-state index in [4.69, 9.17) is 9.73 Å². The van der Waals surface area contributed by atoms with Gasteiger partial charge in [-0.15, -0.1) is 24.0 Å². The van der Waals surface area contributed by atoms with Crippen molar-refractivity contribution in [3.63, 3.8) is 0 Å². The van der Waals surface area contributed by atoms with E-state index in [0.29, 0.717) is 0 Å². The van der Waals surface area contributed by atoms with Crippen LogP contribution in [0.15, 0.2) is 17.4 Å². The Kier molecular flexibility index (Phi) is 7.42. The Labute approximate surface area is 180 Å². The molecule has 2 bridgehead atoms.